The lowest BCUT2D eigenvalue weighted by Gasteiger charge is -2.62. The molecule has 4 atom stereocenters. The van der Waals surface area contributed by atoms with Crippen LogP contribution in [0.25, 0.3) is 0 Å². The molecular formula is C16H25NS. The van der Waals surface area contributed by atoms with Crippen molar-refractivity contribution in [3.05, 3.63) is 21.9 Å². The fourth-order valence-electron chi connectivity index (χ4n) is 4.23. The lowest BCUT2D eigenvalue weighted by atomic mass is 9.45. The Balaban J connectivity index is 1.59. The van der Waals surface area contributed by atoms with Gasteiger partial charge in [0.1, 0.15) is 0 Å². The Kier molecular flexibility index (Phi) is 3.06. The van der Waals surface area contributed by atoms with Crippen LogP contribution in [0, 0.1) is 30.1 Å². The summed E-state index contributed by atoms with van der Waals surface area (Å²) < 4.78 is 0. The molecule has 1 heterocycles. The fourth-order valence-corrected chi connectivity index (χ4v) is 5.06. The second-order valence-electron chi connectivity index (χ2n) is 7.03. The molecule has 1 aromatic heterocycles. The molecule has 2 bridgehead atoms. The molecule has 3 saturated carbocycles. The molecule has 0 unspecified atom stereocenters. The second kappa shape index (κ2) is 4.35. The average molecular weight is 263 g/mol. The summed E-state index contributed by atoms with van der Waals surface area (Å²) in [4.78, 5) is 1.48. The van der Waals surface area contributed by atoms with E-state index in [-0.39, 0.29) is 0 Å². The lowest BCUT2D eigenvalue weighted by Crippen LogP contribution is -2.59. The van der Waals surface area contributed by atoms with Gasteiger partial charge in [-0.15, -0.1) is 11.3 Å². The largest absolute Gasteiger partial charge is 0.309 e. The van der Waals surface area contributed by atoms with E-state index in [0.29, 0.717) is 5.41 Å². The standard InChI is InChI=1S/C16H25NS/c1-10-5-13(18-9-10)8-17-15-7-12-6-14(11(15)2)16(12,3)4/h5,9,11-12,14-15,17H,6-8H2,1-4H3/t11-,12-,14+,15-/m1/s1. The van der Waals surface area contributed by atoms with Gasteiger partial charge >= 0.3 is 0 Å². The monoisotopic (exact) mass is 263 g/mol. The van der Waals surface area contributed by atoms with Crippen molar-refractivity contribution in [2.75, 3.05) is 0 Å². The van der Waals surface area contributed by atoms with Crippen molar-refractivity contribution in [1.29, 1.82) is 0 Å². The van der Waals surface area contributed by atoms with Gasteiger partial charge in [0, 0.05) is 17.5 Å². The van der Waals surface area contributed by atoms with E-state index in [2.05, 4.69) is 44.5 Å². The molecule has 3 aliphatic rings. The van der Waals surface area contributed by atoms with Crippen molar-refractivity contribution in [1.82, 2.24) is 5.32 Å². The molecule has 0 aromatic carbocycles. The van der Waals surface area contributed by atoms with Crippen molar-refractivity contribution >= 4 is 11.3 Å². The molecule has 1 nitrogen and oxygen atoms in total. The molecule has 0 spiro atoms. The predicted octanol–water partition coefficient (Wildman–Crippen LogP) is 4.22. The van der Waals surface area contributed by atoms with Crippen LogP contribution in [0.5, 0.6) is 0 Å². The van der Waals surface area contributed by atoms with E-state index in [9.17, 15) is 0 Å². The highest BCUT2D eigenvalue weighted by Crippen LogP contribution is 2.61. The van der Waals surface area contributed by atoms with E-state index in [1.807, 2.05) is 11.3 Å². The highest BCUT2D eigenvalue weighted by molar-refractivity contribution is 7.10. The Morgan fingerprint density at radius 1 is 1.39 bits per heavy atom. The van der Waals surface area contributed by atoms with Gasteiger partial charge in [-0.05, 0) is 59.9 Å². The third kappa shape index (κ3) is 1.94. The Labute approximate surface area is 115 Å². The van der Waals surface area contributed by atoms with Crippen LogP contribution in [0.1, 0.15) is 44.1 Å². The summed E-state index contributed by atoms with van der Waals surface area (Å²) in [7, 11) is 0. The first-order valence-corrected chi connectivity index (χ1v) is 8.14. The zero-order valence-corrected chi connectivity index (χ0v) is 12.8. The Morgan fingerprint density at radius 3 is 2.72 bits per heavy atom. The third-order valence-corrected chi connectivity index (χ3v) is 6.73. The van der Waals surface area contributed by atoms with Gasteiger partial charge in [0.05, 0.1) is 0 Å². The molecule has 0 saturated heterocycles. The van der Waals surface area contributed by atoms with Gasteiger partial charge < -0.3 is 5.32 Å². The first-order valence-electron chi connectivity index (χ1n) is 7.26. The summed E-state index contributed by atoms with van der Waals surface area (Å²) in [6.07, 6.45) is 2.86. The lowest BCUT2D eigenvalue weighted by molar-refractivity contribution is -0.115. The molecule has 0 radical (unpaired) electrons. The van der Waals surface area contributed by atoms with Crippen LogP contribution in [0.15, 0.2) is 11.4 Å². The van der Waals surface area contributed by atoms with Gasteiger partial charge in [-0.25, -0.2) is 0 Å². The minimum atomic E-state index is 0.608. The van der Waals surface area contributed by atoms with E-state index in [0.717, 1.165) is 30.3 Å². The van der Waals surface area contributed by atoms with Crippen LogP contribution in [0.4, 0.5) is 0 Å². The van der Waals surface area contributed by atoms with Gasteiger partial charge in [0.15, 0.2) is 0 Å². The van der Waals surface area contributed by atoms with Crippen molar-refractivity contribution in [3.8, 4) is 0 Å². The number of nitrogens with one attached hydrogen (secondary N) is 1. The first-order chi connectivity index (χ1) is 8.48. The average Bonchev–Trinajstić information content (AvgIpc) is 2.73. The molecule has 18 heavy (non-hydrogen) atoms. The predicted molar refractivity (Wildman–Crippen MR) is 78.8 cm³/mol. The molecule has 100 valence electrons. The van der Waals surface area contributed by atoms with Crippen molar-refractivity contribution in [2.45, 2.75) is 53.1 Å². The van der Waals surface area contributed by atoms with Crippen LogP contribution < -0.4 is 5.32 Å². The Hall–Kier alpha value is -0.340. The van der Waals surface area contributed by atoms with E-state index < -0.39 is 0 Å². The molecule has 1 N–H and O–H groups in total. The zero-order valence-electron chi connectivity index (χ0n) is 12.0. The summed E-state index contributed by atoms with van der Waals surface area (Å²) in [5.41, 5.74) is 2.01. The number of fused-ring (bicyclic) bond motifs is 2. The molecule has 2 heteroatoms. The Morgan fingerprint density at radius 2 is 2.17 bits per heavy atom. The molecule has 0 amide bonds. The topological polar surface area (TPSA) is 12.0 Å². The maximum atomic E-state index is 3.81. The smallest absolute Gasteiger partial charge is 0.0302 e. The summed E-state index contributed by atoms with van der Waals surface area (Å²) in [6.45, 7) is 10.6. The summed E-state index contributed by atoms with van der Waals surface area (Å²) in [5.74, 6) is 2.74. The van der Waals surface area contributed by atoms with E-state index >= 15 is 0 Å². The van der Waals surface area contributed by atoms with Gasteiger partial charge in [-0.3, -0.25) is 0 Å². The second-order valence-corrected chi connectivity index (χ2v) is 8.03. The molecule has 4 rings (SSSR count). The van der Waals surface area contributed by atoms with Gasteiger partial charge in [0.25, 0.3) is 0 Å². The van der Waals surface area contributed by atoms with Crippen LogP contribution in [-0.2, 0) is 6.54 Å². The maximum Gasteiger partial charge on any atom is 0.0302 e. The molecule has 3 aliphatic carbocycles. The number of rotatable bonds is 3. The van der Waals surface area contributed by atoms with Gasteiger partial charge in [0.2, 0.25) is 0 Å². The highest BCUT2D eigenvalue weighted by Gasteiger charge is 2.55. The molecular weight excluding hydrogens is 238 g/mol. The highest BCUT2D eigenvalue weighted by atomic mass is 32.1. The van der Waals surface area contributed by atoms with Crippen LogP contribution in [0.3, 0.4) is 0 Å². The van der Waals surface area contributed by atoms with Gasteiger partial charge in [-0.2, -0.15) is 0 Å². The van der Waals surface area contributed by atoms with E-state index in [1.165, 1.54) is 23.3 Å². The normalized spacial score (nSPS) is 37.3. The SMILES string of the molecule is Cc1csc(CN[C@@H]2C[C@H]3C[C@@H]([C@H]2C)C3(C)C)c1. The molecule has 3 fully saturated rings. The van der Waals surface area contributed by atoms with Crippen molar-refractivity contribution in [2.24, 2.45) is 23.2 Å². The zero-order chi connectivity index (χ0) is 12.9. The fraction of sp³-hybridized carbons (Fsp3) is 0.750. The van der Waals surface area contributed by atoms with E-state index in [4.69, 9.17) is 0 Å². The summed E-state index contributed by atoms with van der Waals surface area (Å²) in [5, 5.41) is 6.06. The third-order valence-electron chi connectivity index (χ3n) is 5.68. The van der Waals surface area contributed by atoms with Gasteiger partial charge in [-0.1, -0.05) is 20.8 Å². The first kappa shape index (κ1) is 12.7. The van der Waals surface area contributed by atoms with Crippen molar-refractivity contribution in [3.63, 3.8) is 0 Å². The summed E-state index contributed by atoms with van der Waals surface area (Å²) >= 11 is 1.89. The number of hydrogen-bond acceptors (Lipinski definition) is 2. The molecule has 0 aliphatic heterocycles. The van der Waals surface area contributed by atoms with E-state index in [1.54, 1.807) is 0 Å². The summed E-state index contributed by atoms with van der Waals surface area (Å²) in [6, 6.07) is 3.06. The van der Waals surface area contributed by atoms with Crippen LogP contribution >= 0.6 is 11.3 Å². The minimum absolute atomic E-state index is 0.608. The molecule has 1 aromatic rings. The van der Waals surface area contributed by atoms with Crippen LogP contribution in [0.2, 0.25) is 0 Å². The van der Waals surface area contributed by atoms with Crippen LogP contribution in [-0.4, -0.2) is 6.04 Å². The number of aryl methyl sites for hydroxylation is 1. The quantitative estimate of drug-likeness (QED) is 0.861. The van der Waals surface area contributed by atoms with Crippen molar-refractivity contribution < 1.29 is 0 Å². The Bertz CT molecular complexity index is 434. The minimum Gasteiger partial charge on any atom is -0.309 e. The maximum absolute atomic E-state index is 3.81. The number of thiophene rings is 1. The number of hydrogen-bond donors (Lipinski definition) is 1.